The summed E-state index contributed by atoms with van der Waals surface area (Å²) < 4.78 is 43.2. The molecule has 0 spiro atoms. The van der Waals surface area contributed by atoms with Crippen molar-refractivity contribution in [3.63, 3.8) is 0 Å². The lowest BCUT2D eigenvalue weighted by molar-refractivity contribution is -0.140. The maximum Gasteiger partial charge on any atom is 0.416 e. The van der Waals surface area contributed by atoms with Crippen LogP contribution in [0.4, 0.5) is 18.0 Å². The van der Waals surface area contributed by atoms with Gasteiger partial charge in [-0.15, -0.1) is 0 Å². The number of likely N-dealkylation sites (tertiary alicyclic amines) is 1. The highest BCUT2D eigenvalue weighted by Crippen LogP contribution is 2.35. The van der Waals surface area contributed by atoms with Crippen LogP contribution in [0, 0.1) is 5.92 Å². The van der Waals surface area contributed by atoms with Gasteiger partial charge in [0, 0.05) is 25.0 Å². The minimum atomic E-state index is -4.34. The third-order valence-electron chi connectivity index (χ3n) is 5.49. The Morgan fingerprint density at radius 2 is 1.85 bits per heavy atom. The first kappa shape index (κ1) is 19.5. The molecule has 1 saturated heterocycles. The van der Waals surface area contributed by atoms with Crippen LogP contribution < -0.4 is 5.32 Å². The van der Waals surface area contributed by atoms with E-state index in [1.54, 1.807) is 11.0 Å². The highest BCUT2D eigenvalue weighted by molar-refractivity contribution is 5.80. The molecule has 3 rings (SSSR count). The summed E-state index contributed by atoms with van der Waals surface area (Å²) in [5.41, 5.74) is 0.0556. The van der Waals surface area contributed by atoms with Crippen molar-refractivity contribution in [2.45, 2.75) is 43.8 Å². The monoisotopic (exact) mass is 384 g/mol. The number of halogens is 3. The molecule has 1 aliphatic heterocycles. The minimum absolute atomic E-state index is 0.0333. The second kappa shape index (κ2) is 7.78. The highest BCUT2D eigenvalue weighted by atomic mass is 19.4. The van der Waals surface area contributed by atoms with E-state index in [0.717, 1.165) is 6.07 Å². The molecule has 0 unspecified atom stereocenters. The fourth-order valence-corrected chi connectivity index (χ4v) is 3.82. The Kier molecular flexibility index (Phi) is 5.62. The van der Waals surface area contributed by atoms with Gasteiger partial charge >= 0.3 is 12.3 Å². The first-order chi connectivity index (χ1) is 12.8. The molecule has 148 valence electrons. The number of carbonyl (C=O) groups is 2. The van der Waals surface area contributed by atoms with Crippen molar-refractivity contribution >= 4 is 12.0 Å². The molecule has 5 nitrogen and oxygen atoms in total. The number of hydrogen-bond donors (Lipinski definition) is 1. The van der Waals surface area contributed by atoms with E-state index in [9.17, 15) is 22.8 Å². The maximum absolute atomic E-state index is 12.9. The lowest BCUT2D eigenvalue weighted by atomic mass is 9.78. The molecule has 1 heterocycles. The fraction of sp³-hybridized carbons (Fsp3) is 0.579. The predicted octanol–water partition coefficient (Wildman–Crippen LogP) is 3.55. The van der Waals surface area contributed by atoms with Crippen LogP contribution in [0.1, 0.15) is 42.7 Å². The summed E-state index contributed by atoms with van der Waals surface area (Å²) in [5.74, 6) is 0.00384. The zero-order valence-corrected chi connectivity index (χ0v) is 15.1. The number of piperidine rings is 1. The van der Waals surface area contributed by atoms with E-state index in [4.69, 9.17) is 0 Å². The normalized spacial score (nSPS) is 23.5. The smallest absolute Gasteiger partial charge is 0.416 e. The Hall–Kier alpha value is -2.25. The van der Waals surface area contributed by atoms with Crippen molar-refractivity contribution in [1.29, 1.82) is 0 Å². The summed E-state index contributed by atoms with van der Waals surface area (Å²) in [6, 6.07) is 5.44. The number of hydrogen-bond acceptors (Lipinski definition) is 3. The summed E-state index contributed by atoms with van der Waals surface area (Å²) in [6.07, 6.45) is -2.32. The topological polar surface area (TPSA) is 58.6 Å². The lowest BCUT2D eigenvalue weighted by Crippen LogP contribution is -2.51. The number of rotatable bonds is 3. The fourth-order valence-electron chi connectivity index (χ4n) is 3.82. The van der Waals surface area contributed by atoms with E-state index in [1.807, 2.05) is 0 Å². The molecule has 1 aromatic rings. The molecule has 0 bridgehead atoms. The number of carbonyl (C=O) groups excluding carboxylic acids is 2. The van der Waals surface area contributed by atoms with Gasteiger partial charge in [-0.25, -0.2) is 4.79 Å². The number of ether oxygens (including phenoxy) is 1. The van der Waals surface area contributed by atoms with Crippen LogP contribution in [0.25, 0.3) is 0 Å². The first-order valence-electron chi connectivity index (χ1n) is 9.08. The Bertz CT molecular complexity index is 694. The molecule has 27 heavy (non-hydrogen) atoms. The summed E-state index contributed by atoms with van der Waals surface area (Å²) in [6.45, 7) is 1.09. The molecule has 8 heteroatoms. The van der Waals surface area contributed by atoms with Gasteiger partial charge in [-0.3, -0.25) is 4.79 Å². The third kappa shape index (κ3) is 4.54. The molecular weight excluding hydrogens is 361 g/mol. The van der Waals surface area contributed by atoms with Crippen molar-refractivity contribution in [2.75, 3.05) is 20.2 Å². The van der Waals surface area contributed by atoms with Gasteiger partial charge in [0.05, 0.1) is 12.7 Å². The SMILES string of the molecule is COC(=O)NC1CC(C(=O)N2CCC(c3cccc(C(F)(F)F)c3)CC2)C1. The lowest BCUT2D eigenvalue weighted by Gasteiger charge is -2.40. The second-order valence-electron chi connectivity index (χ2n) is 7.22. The molecule has 2 aliphatic rings. The van der Waals surface area contributed by atoms with E-state index in [2.05, 4.69) is 10.1 Å². The average molecular weight is 384 g/mol. The standard InChI is InChI=1S/C19H23F3N2O3/c1-27-18(26)23-16-10-14(11-16)17(25)24-7-5-12(6-8-24)13-3-2-4-15(9-13)19(20,21)22/h2-4,9,12,14,16H,5-8,10-11H2,1H3,(H,23,26). The van der Waals surface area contributed by atoms with Crippen molar-refractivity contribution in [3.8, 4) is 0 Å². The molecule has 0 aromatic heterocycles. The molecular formula is C19H23F3N2O3. The van der Waals surface area contributed by atoms with Crippen molar-refractivity contribution in [1.82, 2.24) is 10.2 Å². The number of amides is 2. The van der Waals surface area contributed by atoms with Crippen molar-refractivity contribution in [2.24, 2.45) is 5.92 Å². The summed E-state index contributed by atoms with van der Waals surface area (Å²) in [7, 11) is 1.30. The highest BCUT2D eigenvalue weighted by Gasteiger charge is 2.39. The van der Waals surface area contributed by atoms with Crippen LogP contribution in [0.15, 0.2) is 24.3 Å². The van der Waals surface area contributed by atoms with E-state index < -0.39 is 17.8 Å². The van der Waals surface area contributed by atoms with Crippen LogP contribution in [-0.4, -0.2) is 43.1 Å². The van der Waals surface area contributed by atoms with Gasteiger partial charge in [-0.1, -0.05) is 18.2 Å². The molecule has 2 amide bonds. The number of alkyl halides is 3. The molecule has 0 atom stereocenters. The number of alkyl carbamates (subject to hydrolysis) is 1. The molecule has 2 fully saturated rings. The molecule has 0 radical (unpaired) electrons. The van der Waals surface area contributed by atoms with Gasteiger partial charge in [0.2, 0.25) is 5.91 Å². The molecule has 1 aromatic carbocycles. The molecule has 1 N–H and O–H groups in total. The number of nitrogens with one attached hydrogen (secondary N) is 1. The van der Waals surface area contributed by atoms with Crippen LogP contribution in [0.2, 0.25) is 0 Å². The van der Waals surface area contributed by atoms with E-state index >= 15 is 0 Å². The second-order valence-corrected chi connectivity index (χ2v) is 7.22. The Balaban J connectivity index is 1.50. The summed E-state index contributed by atoms with van der Waals surface area (Å²) >= 11 is 0. The van der Waals surface area contributed by atoms with Crippen LogP contribution in [-0.2, 0) is 15.7 Å². The first-order valence-corrected chi connectivity index (χ1v) is 9.08. The summed E-state index contributed by atoms with van der Waals surface area (Å²) in [5, 5.41) is 2.68. The Morgan fingerprint density at radius 1 is 1.19 bits per heavy atom. The van der Waals surface area contributed by atoms with Gasteiger partial charge in [-0.05, 0) is 43.2 Å². The van der Waals surface area contributed by atoms with Crippen molar-refractivity contribution in [3.05, 3.63) is 35.4 Å². The minimum Gasteiger partial charge on any atom is -0.453 e. The van der Waals surface area contributed by atoms with Gasteiger partial charge in [0.1, 0.15) is 0 Å². The third-order valence-corrected chi connectivity index (χ3v) is 5.49. The molecule has 1 aliphatic carbocycles. The zero-order chi connectivity index (χ0) is 19.6. The Labute approximate surface area is 155 Å². The van der Waals surface area contributed by atoms with Gasteiger partial charge in [0.25, 0.3) is 0 Å². The number of methoxy groups -OCH3 is 1. The van der Waals surface area contributed by atoms with Crippen LogP contribution in [0.3, 0.4) is 0 Å². The maximum atomic E-state index is 12.9. The van der Waals surface area contributed by atoms with Crippen LogP contribution in [0.5, 0.6) is 0 Å². The number of nitrogens with zero attached hydrogens (tertiary/aromatic N) is 1. The van der Waals surface area contributed by atoms with Crippen LogP contribution >= 0.6 is 0 Å². The van der Waals surface area contributed by atoms with E-state index in [1.165, 1.54) is 19.2 Å². The van der Waals surface area contributed by atoms with E-state index in [0.29, 0.717) is 44.3 Å². The van der Waals surface area contributed by atoms with Gasteiger partial charge in [0.15, 0.2) is 0 Å². The average Bonchev–Trinajstić information content (AvgIpc) is 2.63. The van der Waals surface area contributed by atoms with Gasteiger partial charge in [-0.2, -0.15) is 13.2 Å². The number of benzene rings is 1. The van der Waals surface area contributed by atoms with E-state index in [-0.39, 0.29) is 23.8 Å². The van der Waals surface area contributed by atoms with Crippen molar-refractivity contribution < 1.29 is 27.5 Å². The quantitative estimate of drug-likeness (QED) is 0.867. The largest absolute Gasteiger partial charge is 0.453 e. The predicted molar refractivity (Wildman–Crippen MR) is 92.1 cm³/mol. The zero-order valence-electron chi connectivity index (χ0n) is 15.1. The molecule has 1 saturated carbocycles. The Morgan fingerprint density at radius 3 is 2.44 bits per heavy atom. The summed E-state index contributed by atoms with van der Waals surface area (Å²) in [4.78, 5) is 25.5. The van der Waals surface area contributed by atoms with Gasteiger partial charge < -0.3 is 15.0 Å².